The van der Waals surface area contributed by atoms with Crippen molar-refractivity contribution in [2.45, 2.75) is 32.7 Å². The maximum atomic E-state index is 4.17. The quantitative estimate of drug-likeness (QED) is 0.788. The minimum Gasteiger partial charge on any atom is -0.311 e. The summed E-state index contributed by atoms with van der Waals surface area (Å²) in [5, 5.41) is 3.45. The van der Waals surface area contributed by atoms with Gasteiger partial charge in [0, 0.05) is 19.3 Å². The lowest BCUT2D eigenvalue weighted by atomic mass is 9.70. The Kier molecular flexibility index (Phi) is 2.77. The van der Waals surface area contributed by atoms with E-state index in [2.05, 4.69) is 22.2 Å². The highest BCUT2D eigenvalue weighted by Crippen LogP contribution is 2.39. The van der Waals surface area contributed by atoms with Crippen LogP contribution >= 0.6 is 0 Å². The molecule has 0 amide bonds. The topological polar surface area (TPSA) is 37.8 Å². The predicted molar refractivity (Wildman–Crippen MR) is 55.7 cm³/mol. The standard InChI is InChI=1S/C11H17N3/c1-11(4-2-5-11)8-13-7-10-3-6-12-9-14-10/h3,6,9,13H,2,4-5,7-8H2,1H3. The van der Waals surface area contributed by atoms with Crippen molar-refractivity contribution in [3.05, 3.63) is 24.3 Å². The first-order valence-electron chi connectivity index (χ1n) is 5.24. The molecule has 0 spiro atoms. The van der Waals surface area contributed by atoms with Crippen LogP contribution in [0.5, 0.6) is 0 Å². The summed E-state index contributed by atoms with van der Waals surface area (Å²) in [4.78, 5) is 8.06. The zero-order valence-electron chi connectivity index (χ0n) is 8.66. The highest BCUT2D eigenvalue weighted by atomic mass is 14.9. The van der Waals surface area contributed by atoms with E-state index >= 15 is 0 Å². The van der Waals surface area contributed by atoms with Gasteiger partial charge < -0.3 is 5.32 Å². The number of rotatable bonds is 4. The lowest BCUT2D eigenvalue weighted by Crippen LogP contribution is -2.37. The molecule has 3 nitrogen and oxygen atoms in total. The van der Waals surface area contributed by atoms with Crippen molar-refractivity contribution >= 4 is 0 Å². The lowest BCUT2D eigenvalue weighted by molar-refractivity contribution is 0.156. The van der Waals surface area contributed by atoms with Crippen molar-refractivity contribution in [1.82, 2.24) is 15.3 Å². The molecule has 3 heteroatoms. The van der Waals surface area contributed by atoms with E-state index in [1.54, 1.807) is 12.5 Å². The number of nitrogens with one attached hydrogen (secondary N) is 1. The smallest absolute Gasteiger partial charge is 0.115 e. The SMILES string of the molecule is CC1(CNCc2ccncn2)CCC1. The Morgan fingerprint density at radius 3 is 2.93 bits per heavy atom. The number of aromatic nitrogens is 2. The molecule has 0 unspecified atom stereocenters. The van der Waals surface area contributed by atoms with E-state index < -0.39 is 0 Å². The fourth-order valence-electron chi connectivity index (χ4n) is 1.87. The predicted octanol–water partition coefficient (Wildman–Crippen LogP) is 1.76. The Labute approximate surface area is 85.0 Å². The van der Waals surface area contributed by atoms with Crippen molar-refractivity contribution in [2.24, 2.45) is 5.41 Å². The molecule has 0 aromatic carbocycles. The maximum absolute atomic E-state index is 4.17. The summed E-state index contributed by atoms with van der Waals surface area (Å²) >= 11 is 0. The Hall–Kier alpha value is -0.960. The zero-order chi connectivity index (χ0) is 9.86. The molecule has 14 heavy (non-hydrogen) atoms. The van der Waals surface area contributed by atoms with E-state index in [0.29, 0.717) is 5.41 Å². The summed E-state index contributed by atoms with van der Waals surface area (Å²) in [6.45, 7) is 4.32. The first-order chi connectivity index (χ1) is 6.79. The van der Waals surface area contributed by atoms with Crippen molar-refractivity contribution in [3.8, 4) is 0 Å². The van der Waals surface area contributed by atoms with Gasteiger partial charge in [-0.2, -0.15) is 0 Å². The molecule has 1 fully saturated rings. The van der Waals surface area contributed by atoms with Crippen LogP contribution in [0.25, 0.3) is 0 Å². The molecule has 1 aromatic heterocycles. The minimum absolute atomic E-state index is 0.549. The van der Waals surface area contributed by atoms with Crippen LogP contribution in [0.4, 0.5) is 0 Å². The van der Waals surface area contributed by atoms with Gasteiger partial charge in [0.05, 0.1) is 5.69 Å². The second kappa shape index (κ2) is 4.05. The lowest BCUT2D eigenvalue weighted by Gasteiger charge is -2.38. The second-order valence-corrected chi connectivity index (χ2v) is 4.47. The third-order valence-corrected chi connectivity index (χ3v) is 3.06. The van der Waals surface area contributed by atoms with E-state index in [0.717, 1.165) is 18.8 Å². The average molecular weight is 191 g/mol. The van der Waals surface area contributed by atoms with Gasteiger partial charge in [-0.05, 0) is 24.3 Å². The van der Waals surface area contributed by atoms with Crippen LogP contribution in [-0.4, -0.2) is 16.5 Å². The average Bonchev–Trinajstić information content (AvgIpc) is 2.17. The summed E-state index contributed by atoms with van der Waals surface area (Å²) in [6, 6.07) is 1.95. The van der Waals surface area contributed by atoms with Crippen LogP contribution < -0.4 is 5.32 Å². The first kappa shape index (κ1) is 9.59. The normalized spacial score (nSPS) is 18.9. The molecule has 1 aliphatic carbocycles. The second-order valence-electron chi connectivity index (χ2n) is 4.47. The van der Waals surface area contributed by atoms with Gasteiger partial charge in [0.1, 0.15) is 6.33 Å². The minimum atomic E-state index is 0.549. The Morgan fingerprint density at radius 2 is 2.36 bits per heavy atom. The van der Waals surface area contributed by atoms with E-state index in [1.165, 1.54) is 19.3 Å². The molecule has 0 saturated heterocycles. The number of nitrogens with zero attached hydrogens (tertiary/aromatic N) is 2. The van der Waals surface area contributed by atoms with Crippen LogP contribution in [0.15, 0.2) is 18.6 Å². The molecule has 1 aromatic rings. The molecule has 0 bridgehead atoms. The summed E-state index contributed by atoms with van der Waals surface area (Å²) in [7, 11) is 0. The zero-order valence-corrected chi connectivity index (χ0v) is 8.66. The van der Waals surface area contributed by atoms with Gasteiger partial charge in [-0.3, -0.25) is 0 Å². The van der Waals surface area contributed by atoms with Gasteiger partial charge >= 0.3 is 0 Å². The molecule has 0 aliphatic heterocycles. The maximum Gasteiger partial charge on any atom is 0.115 e. The highest BCUT2D eigenvalue weighted by Gasteiger charge is 2.30. The summed E-state index contributed by atoms with van der Waals surface area (Å²) < 4.78 is 0. The molecular formula is C11H17N3. The van der Waals surface area contributed by atoms with Crippen molar-refractivity contribution in [2.75, 3.05) is 6.54 Å². The van der Waals surface area contributed by atoms with Gasteiger partial charge in [-0.25, -0.2) is 9.97 Å². The molecule has 2 rings (SSSR count). The van der Waals surface area contributed by atoms with Gasteiger partial charge in [0.15, 0.2) is 0 Å². The Bertz CT molecular complexity index is 280. The van der Waals surface area contributed by atoms with E-state index in [1.807, 2.05) is 6.07 Å². The van der Waals surface area contributed by atoms with Crippen molar-refractivity contribution < 1.29 is 0 Å². The van der Waals surface area contributed by atoms with Crippen molar-refractivity contribution in [1.29, 1.82) is 0 Å². The highest BCUT2D eigenvalue weighted by molar-refractivity contribution is 4.97. The summed E-state index contributed by atoms with van der Waals surface area (Å²) in [5.74, 6) is 0. The summed E-state index contributed by atoms with van der Waals surface area (Å²) in [6.07, 6.45) is 7.51. The van der Waals surface area contributed by atoms with E-state index in [4.69, 9.17) is 0 Å². The van der Waals surface area contributed by atoms with Crippen LogP contribution in [0.1, 0.15) is 31.9 Å². The molecule has 1 heterocycles. The summed E-state index contributed by atoms with van der Waals surface area (Å²) in [5.41, 5.74) is 1.62. The third kappa shape index (κ3) is 2.29. The van der Waals surface area contributed by atoms with E-state index in [9.17, 15) is 0 Å². The third-order valence-electron chi connectivity index (χ3n) is 3.06. The molecule has 1 aliphatic rings. The molecule has 1 saturated carbocycles. The molecule has 76 valence electrons. The monoisotopic (exact) mass is 191 g/mol. The van der Waals surface area contributed by atoms with Crippen molar-refractivity contribution in [3.63, 3.8) is 0 Å². The Morgan fingerprint density at radius 1 is 1.50 bits per heavy atom. The van der Waals surface area contributed by atoms with E-state index in [-0.39, 0.29) is 0 Å². The molecule has 1 N–H and O–H groups in total. The largest absolute Gasteiger partial charge is 0.311 e. The van der Waals surface area contributed by atoms with Gasteiger partial charge in [-0.15, -0.1) is 0 Å². The van der Waals surface area contributed by atoms with Crippen LogP contribution in [0, 0.1) is 5.41 Å². The first-order valence-corrected chi connectivity index (χ1v) is 5.24. The Balaban J connectivity index is 1.73. The van der Waals surface area contributed by atoms with Gasteiger partial charge in [-0.1, -0.05) is 13.3 Å². The number of hydrogen-bond acceptors (Lipinski definition) is 3. The fraction of sp³-hybridized carbons (Fsp3) is 0.636. The molecular weight excluding hydrogens is 174 g/mol. The fourth-order valence-corrected chi connectivity index (χ4v) is 1.87. The van der Waals surface area contributed by atoms with Gasteiger partial charge in [0.2, 0.25) is 0 Å². The van der Waals surface area contributed by atoms with Gasteiger partial charge in [0.25, 0.3) is 0 Å². The van der Waals surface area contributed by atoms with Crippen LogP contribution in [-0.2, 0) is 6.54 Å². The number of hydrogen-bond donors (Lipinski definition) is 1. The van der Waals surface area contributed by atoms with Crippen LogP contribution in [0.2, 0.25) is 0 Å². The molecule has 0 atom stereocenters. The molecule has 0 radical (unpaired) electrons. The van der Waals surface area contributed by atoms with Crippen LogP contribution in [0.3, 0.4) is 0 Å².